The van der Waals surface area contributed by atoms with Gasteiger partial charge in [-0.2, -0.15) is 0 Å². The molecule has 0 bridgehead atoms. The highest BCUT2D eigenvalue weighted by atomic mass is 35.5. The number of aromatic nitrogens is 4. The first-order chi connectivity index (χ1) is 20.4. The third-order valence-electron chi connectivity index (χ3n) is 7.20. The molecule has 6 rings (SSSR count). The fourth-order valence-electron chi connectivity index (χ4n) is 5.22. The summed E-state index contributed by atoms with van der Waals surface area (Å²) < 4.78 is 1.60. The van der Waals surface area contributed by atoms with Crippen LogP contribution in [0, 0.1) is 0 Å². The predicted molar refractivity (Wildman–Crippen MR) is 166 cm³/mol. The van der Waals surface area contributed by atoms with Gasteiger partial charge >= 0.3 is 0 Å². The average molecular weight is 577 g/mol. The van der Waals surface area contributed by atoms with Crippen LogP contribution in [-0.4, -0.2) is 32.5 Å². The molecular weight excluding hydrogens is 552 g/mol. The second-order valence-corrected chi connectivity index (χ2v) is 10.1. The summed E-state index contributed by atoms with van der Waals surface area (Å²) in [7, 11) is 1.58. The Balaban J connectivity index is 1.58. The van der Waals surface area contributed by atoms with Crippen molar-refractivity contribution in [2.75, 3.05) is 12.4 Å². The highest BCUT2D eigenvalue weighted by Gasteiger charge is 2.24. The van der Waals surface area contributed by atoms with Crippen molar-refractivity contribution >= 4 is 45.1 Å². The summed E-state index contributed by atoms with van der Waals surface area (Å²) in [6, 6.07) is 22.7. The number of anilines is 1. The number of hydrogen-bond acceptors (Lipinski definition) is 6. The molecule has 9 nitrogen and oxygen atoms in total. The van der Waals surface area contributed by atoms with Crippen LogP contribution >= 0.6 is 11.6 Å². The summed E-state index contributed by atoms with van der Waals surface area (Å²) in [6.07, 6.45) is 2.89. The number of para-hydroxylation sites is 1. The molecule has 3 aromatic heterocycles. The molecular formula is C32H25ClN6O3. The molecule has 1 amide bonds. The minimum atomic E-state index is -0.553. The lowest BCUT2D eigenvalue weighted by Crippen LogP contribution is -2.27. The van der Waals surface area contributed by atoms with E-state index in [2.05, 4.69) is 25.6 Å². The molecule has 3 N–H and O–H groups in total. The lowest BCUT2D eigenvalue weighted by atomic mass is 9.97. The first-order valence-electron chi connectivity index (χ1n) is 13.2. The molecule has 0 saturated carbocycles. The number of fused-ring (bicyclic) bond motifs is 2. The minimum absolute atomic E-state index is 0.196. The Morgan fingerprint density at radius 1 is 0.929 bits per heavy atom. The van der Waals surface area contributed by atoms with E-state index in [0.717, 1.165) is 5.56 Å². The monoisotopic (exact) mass is 576 g/mol. The second kappa shape index (κ2) is 10.9. The van der Waals surface area contributed by atoms with Crippen molar-refractivity contribution < 1.29 is 4.79 Å². The first-order valence-corrected chi connectivity index (χ1v) is 13.6. The van der Waals surface area contributed by atoms with Gasteiger partial charge in [0.1, 0.15) is 23.2 Å². The van der Waals surface area contributed by atoms with E-state index >= 15 is 0 Å². The summed E-state index contributed by atoms with van der Waals surface area (Å²) in [6.45, 7) is 1.86. The van der Waals surface area contributed by atoms with Crippen LogP contribution in [-0.2, 0) is 0 Å². The number of nitrogens with zero attached hydrogens (tertiary/aromatic N) is 3. The highest BCUT2D eigenvalue weighted by Crippen LogP contribution is 2.36. The van der Waals surface area contributed by atoms with E-state index in [0.29, 0.717) is 55.2 Å². The molecule has 0 aliphatic rings. The topological polar surface area (TPSA) is 122 Å². The molecule has 42 heavy (non-hydrogen) atoms. The third kappa shape index (κ3) is 4.59. The van der Waals surface area contributed by atoms with Gasteiger partial charge in [-0.1, -0.05) is 60.1 Å². The quantitative estimate of drug-likeness (QED) is 0.241. The average Bonchev–Trinajstić information content (AvgIpc) is 3.02. The fourth-order valence-corrected chi connectivity index (χ4v) is 5.62. The van der Waals surface area contributed by atoms with Gasteiger partial charge in [0.15, 0.2) is 5.43 Å². The normalized spacial score (nSPS) is 11.9. The number of aromatic amines is 1. The van der Waals surface area contributed by atoms with Gasteiger partial charge in [-0.25, -0.2) is 9.97 Å². The molecule has 208 valence electrons. The van der Waals surface area contributed by atoms with Gasteiger partial charge in [0.2, 0.25) is 0 Å². The van der Waals surface area contributed by atoms with E-state index in [-0.39, 0.29) is 16.9 Å². The maximum absolute atomic E-state index is 14.5. The van der Waals surface area contributed by atoms with Crippen molar-refractivity contribution in [3.63, 3.8) is 0 Å². The molecule has 3 heterocycles. The zero-order valence-corrected chi connectivity index (χ0v) is 23.4. The smallest absolute Gasteiger partial charge is 0.263 e. The third-order valence-corrected chi connectivity index (χ3v) is 7.59. The lowest BCUT2D eigenvalue weighted by Gasteiger charge is -2.24. The van der Waals surface area contributed by atoms with Gasteiger partial charge in [-0.05, 0) is 42.3 Å². The minimum Gasteiger partial charge on any atom is -0.361 e. The number of carbonyl (C=O) groups is 1. The molecule has 0 aliphatic carbocycles. The van der Waals surface area contributed by atoms with Gasteiger partial charge in [-0.3, -0.25) is 19.0 Å². The molecule has 0 saturated heterocycles. The fraction of sp³-hybridized carbons (Fsp3) is 0.0938. The second-order valence-electron chi connectivity index (χ2n) is 9.71. The van der Waals surface area contributed by atoms with Crippen molar-refractivity contribution in [2.45, 2.75) is 13.0 Å². The van der Waals surface area contributed by atoms with Crippen LogP contribution in [0.5, 0.6) is 0 Å². The van der Waals surface area contributed by atoms with Gasteiger partial charge < -0.3 is 15.6 Å². The lowest BCUT2D eigenvalue weighted by molar-refractivity contribution is 0.0963. The van der Waals surface area contributed by atoms with Crippen molar-refractivity contribution in [1.82, 2.24) is 24.8 Å². The molecule has 0 spiro atoms. The van der Waals surface area contributed by atoms with E-state index in [1.165, 1.54) is 18.6 Å². The van der Waals surface area contributed by atoms with Gasteiger partial charge in [0.25, 0.3) is 11.5 Å². The number of amides is 1. The van der Waals surface area contributed by atoms with Crippen molar-refractivity contribution in [2.24, 2.45) is 0 Å². The molecule has 1 atom stereocenters. The molecule has 3 aromatic carbocycles. The zero-order chi connectivity index (χ0) is 29.4. The van der Waals surface area contributed by atoms with Gasteiger partial charge in [0, 0.05) is 35.9 Å². The Hall–Kier alpha value is -5.28. The molecule has 6 aromatic rings. The zero-order valence-electron chi connectivity index (χ0n) is 22.7. The number of halogens is 1. The van der Waals surface area contributed by atoms with E-state index in [1.54, 1.807) is 23.7 Å². The maximum atomic E-state index is 14.5. The number of benzene rings is 3. The van der Waals surface area contributed by atoms with Gasteiger partial charge in [0.05, 0.1) is 22.1 Å². The number of H-pyrrole nitrogens is 1. The van der Waals surface area contributed by atoms with E-state index in [9.17, 15) is 14.4 Å². The number of carbonyl (C=O) groups excluding carboxylic acids is 1. The van der Waals surface area contributed by atoms with Crippen LogP contribution in [0.25, 0.3) is 38.6 Å². The van der Waals surface area contributed by atoms with Gasteiger partial charge in [-0.15, -0.1) is 0 Å². The van der Waals surface area contributed by atoms with Crippen molar-refractivity contribution in [3.05, 3.63) is 128 Å². The van der Waals surface area contributed by atoms with Crippen LogP contribution < -0.4 is 21.6 Å². The Kier molecular flexibility index (Phi) is 7.02. The summed E-state index contributed by atoms with van der Waals surface area (Å²) >= 11 is 7.17. The van der Waals surface area contributed by atoms with Crippen LogP contribution in [0.15, 0.2) is 101 Å². The molecule has 0 aliphatic heterocycles. The number of nitrogens with one attached hydrogen (secondary N) is 3. The Morgan fingerprint density at radius 2 is 1.69 bits per heavy atom. The van der Waals surface area contributed by atoms with Crippen molar-refractivity contribution in [1.29, 1.82) is 0 Å². The van der Waals surface area contributed by atoms with E-state index in [1.807, 2.05) is 67.6 Å². The molecule has 0 unspecified atom stereocenters. The predicted octanol–water partition coefficient (Wildman–Crippen LogP) is 5.48. The Labute approximate surface area is 244 Å². The maximum Gasteiger partial charge on any atom is 0.263 e. The van der Waals surface area contributed by atoms with Crippen LogP contribution in [0.3, 0.4) is 0 Å². The van der Waals surface area contributed by atoms with Crippen LogP contribution in [0.1, 0.15) is 29.0 Å². The number of rotatable bonds is 6. The number of pyridine rings is 2. The first kappa shape index (κ1) is 26.9. The van der Waals surface area contributed by atoms with Crippen molar-refractivity contribution in [3.8, 4) is 16.8 Å². The summed E-state index contributed by atoms with van der Waals surface area (Å²) in [5, 5.41) is 7.62. The summed E-state index contributed by atoms with van der Waals surface area (Å²) in [4.78, 5) is 50.7. The van der Waals surface area contributed by atoms with E-state index in [4.69, 9.17) is 11.6 Å². The summed E-state index contributed by atoms with van der Waals surface area (Å²) in [5.74, 6) is 0.126. The van der Waals surface area contributed by atoms with E-state index < -0.39 is 6.04 Å². The number of hydrogen-bond donors (Lipinski definition) is 3. The molecule has 0 radical (unpaired) electrons. The molecule has 0 fully saturated rings. The summed E-state index contributed by atoms with van der Waals surface area (Å²) in [5.41, 5.74) is 3.00. The largest absolute Gasteiger partial charge is 0.361 e. The standard InChI is InChI=1S/C32H25ClN6O3/c1-18(38-30-26-24(40)15-16-35-29(26)36-17-37-30)28-27(33)23-10-6-9-22(19-11-13-20(14-12-19)31(41)34-2)25(23)32(42)39(28)21-7-4-3-5-8-21/h3-18H,1-2H3,(H,34,41)(H2,35,36,37,38,40)/t18-/m0/s1. The Morgan fingerprint density at radius 3 is 2.43 bits per heavy atom. The SMILES string of the molecule is CNC(=O)c1ccc(-c2cccc3c(Cl)c([C@H](C)Nc4ncnc5[nH]ccc(=O)c45)n(-c4ccccc4)c(=O)c23)cc1. The Bertz CT molecular complexity index is 2080. The molecule has 10 heteroatoms. The van der Waals surface area contributed by atoms with Crippen LogP contribution in [0.2, 0.25) is 5.02 Å². The highest BCUT2D eigenvalue weighted by molar-refractivity contribution is 6.36. The van der Waals surface area contributed by atoms with Crippen LogP contribution in [0.4, 0.5) is 5.82 Å².